The minimum absolute atomic E-state index is 0.332. The highest BCUT2D eigenvalue weighted by Gasteiger charge is 2.27. The van der Waals surface area contributed by atoms with Gasteiger partial charge in [-0.05, 0) is 51.0 Å². The SMILES string of the molecule is CCOP(=O)(OCC)c1ccc(-c2ncc(C)cn2)c(C)c1. The second kappa shape index (κ2) is 7.14. The predicted octanol–water partition coefficient (Wildman–Crippen LogP) is 3.65. The van der Waals surface area contributed by atoms with Crippen LogP contribution in [-0.2, 0) is 13.6 Å². The maximum Gasteiger partial charge on any atom is 0.361 e. The summed E-state index contributed by atoms with van der Waals surface area (Å²) in [6.45, 7) is 8.14. The molecule has 0 amide bonds. The van der Waals surface area contributed by atoms with E-state index >= 15 is 0 Å². The Morgan fingerprint density at radius 1 is 1.05 bits per heavy atom. The van der Waals surface area contributed by atoms with E-state index in [0.29, 0.717) is 24.3 Å². The first kappa shape index (κ1) is 16.8. The molecule has 0 radical (unpaired) electrons. The predicted molar refractivity (Wildman–Crippen MR) is 87.4 cm³/mol. The van der Waals surface area contributed by atoms with Crippen LogP contribution >= 0.6 is 7.60 Å². The van der Waals surface area contributed by atoms with Gasteiger partial charge >= 0.3 is 7.60 Å². The van der Waals surface area contributed by atoms with Gasteiger partial charge in [0.1, 0.15) is 0 Å². The van der Waals surface area contributed by atoms with Crippen molar-refractivity contribution in [2.75, 3.05) is 13.2 Å². The summed E-state index contributed by atoms with van der Waals surface area (Å²) in [7, 11) is -3.26. The Morgan fingerprint density at radius 2 is 1.64 bits per heavy atom. The largest absolute Gasteiger partial charge is 0.361 e. The fraction of sp³-hybridized carbons (Fsp3) is 0.375. The van der Waals surface area contributed by atoms with Crippen LogP contribution in [0.5, 0.6) is 0 Å². The van der Waals surface area contributed by atoms with Crippen LogP contribution < -0.4 is 5.30 Å². The topological polar surface area (TPSA) is 61.3 Å². The van der Waals surface area contributed by atoms with Crippen LogP contribution in [0.25, 0.3) is 11.4 Å². The fourth-order valence-electron chi connectivity index (χ4n) is 2.13. The fourth-order valence-corrected chi connectivity index (χ4v) is 3.79. The van der Waals surface area contributed by atoms with E-state index in [9.17, 15) is 4.57 Å². The summed E-state index contributed by atoms with van der Waals surface area (Å²) in [6.07, 6.45) is 3.56. The quantitative estimate of drug-likeness (QED) is 0.760. The molecule has 0 N–H and O–H groups in total. The van der Waals surface area contributed by atoms with Crippen molar-refractivity contribution in [3.8, 4) is 11.4 Å². The molecule has 0 aliphatic heterocycles. The van der Waals surface area contributed by atoms with Crippen LogP contribution in [0.3, 0.4) is 0 Å². The Labute approximate surface area is 131 Å². The van der Waals surface area contributed by atoms with Crippen molar-refractivity contribution in [2.45, 2.75) is 27.7 Å². The molecule has 0 bridgehead atoms. The zero-order valence-electron chi connectivity index (χ0n) is 13.4. The van der Waals surface area contributed by atoms with Crippen LogP contribution in [0.15, 0.2) is 30.6 Å². The zero-order chi connectivity index (χ0) is 16.2. The van der Waals surface area contributed by atoms with Crippen LogP contribution in [0.4, 0.5) is 0 Å². The minimum atomic E-state index is -3.26. The Bertz CT molecular complexity index is 676. The average Bonchev–Trinajstić information content (AvgIpc) is 2.49. The minimum Gasteiger partial charge on any atom is -0.305 e. The van der Waals surface area contributed by atoms with Crippen LogP contribution in [0.1, 0.15) is 25.0 Å². The molecule has 0 spiro atoms. The van der Waals surface area contributed by atoms with E-state index in [2.05, 4.69) is 9.97 Å². The number of benzene rings is 1. The molecule has 2 aromatic rings. The van der Waals surface area contributed by atoms with E-state index in [1.165, 1.54) is 0 Å². The molecule has 0 unspecified atom stereocenters. The summed E-state index contributed by atoms with van der Waals surface area (Å²) in [5, 5.41) is 0.560. The molecule has 0 fully saturated rings. The van der Waals surface area contributed by atoms with Crippen molar-refractivity contribution >= 4 is 12.9 Å². The van der Waals surface area contributed by atoms with Crippen molar-refractivity contribution in [1.29, 1.82) is 0 Å². The van der Waals surface area contributed by atoms with Crippen molar-refractivity contribution in [3.63, 3.8) is 0 Å². The smallest absolute Gasteiger partial charge is 0.305 e. The number of aryl methyl sites for hydroxylation is 2. The Balaban J connectivity index is 2.40. The zero-order valence-corrected chi connectivity index (χ0v) is 14.3. The van der Waals surface area contributed by atoms with Gasteiger partial charge in [-0.25, -0.2) is 9.97 Å². The van der Waals surface area contributed by atoms with Crippen molar-refractivity contribution < 1.29 is 13.6 Å². The normalized spacial score (nSPS) is 11.6. The maximum atomic E-state index is 12.8. The van der Waals surface area contributed by atoms with E-state index in [-0.39, 0.29) is 0 Å². The highest BCUT2D eigenvalue weighted by molar-refractivity contribution is 7.62. The van der Waals surface area contributed by atoms with Gasteiger partial charge in [0.25, 0.3) is 0 Å². The van der Waals surface area contributed by atoms with Gasteiger partial charge in [0.2, 0.25) is 0 Å². The first-order valence-corrected chi connectivity index (χ1v) is 8.83. The molecule has 22 heavy (non-hydrogen) atoms. The summed E-state index contributed by atoms with van der Waals surface area (Å²) in [5.74, 6) is 0.650. The standard InChI is InChI=1S/C16H21N2O3P/c1-5-20-22(19,21-6-2)14-7-8-15(13(4)9-14)16-17-10-12(3)11-18-16/h7-11H,5-6H2,1-4H3. The van der Waals surface area contributed by atoms with Gasteiger partial charge in [0.15, 0.2) is 5.82 Å². The molecule has 0 aliphatic rings. The molecule has 0 aliphatic carbocycles. The lowest BCUT2D eigenvalue weighted by Gasteiger charge is -2.18. The summed E-state index contributed by atoms with van der Waals surface area (Å²) < 4.78 is 23.5. The molecule has 2 rings (SSSR count). The molecule has 0 saturated heterocycles. The Kier molecular flexibility index (Phi) is 5.46. The number of rotatable bonds is 6. The van der Waals surface area contributed by atoms with E-state index < -0.39 is 7.60 Å². The third-order valence-corrected chi connectivity index (χ3v) is 5.25. The van der Waals surface area contributed by atoms with Gasteiger partial charge in [-0.3, -0.25) is 4.57 Å². The van der Waals surface area contributed by atoms with E-state index in [1.807, 2.05) is 26.0 Å². The van der Waals surface area contributed by atoms with Crippen molar-refractivity contribution in [3.05, 3.63) is 41.7 Å². The summed E-state index contributed by atoms with van der Waals surface area (Å²) in [4.78, 5) is 8.66. The van der Waals surface area contributed by atoms with Gasteiger partial charge < -0.3 is 9.05 Å². The van der Waals surface area contributed by atoms with Gasteiger partial charge in [-0.2, -0.15) is 0 Å². The highest BCUT2D eigenvalue weighted by atomic mass is 31.2. The average molecular weight is 320 g/mol. The molecule has 118 valence electrons. The third kappa shape index (κ3) is 3.61. The molecule has 6 heteroatoms. The molecule has 1 aromatic carbocycles. The van der Waals surface area contributed by atoms with Gasteiger partial charge in [-0.1, -0.05) is 6.07 Å². The summed E-state index contributed by atoms with van der Waals surface area (Å²) in [6, 6.07) is 5.45. The van der Waals surface area contributed by atoms with Crippen LogP contribution in [0, 0.1) is 13.8 Å². The highest BCUT2D eigenvalue weighted by Crippen LogP contribution is 2.47. The second-order valence-corrected chi connectivity index (χ2v) is 6.94. The Morgan fingerprint density at radius 3 is 2.14 bits per heavy atom. The maximum absolute atomic E-state index is 12.8. The molecular weight excluding hydrogens is 299 g/mol. The molecule has 0 saturated carbocycles. The molecular formula is C16H21N2O3P. The Hall–Kier alpha value is -1.55. The third-order valence-electron chi connectivity index (χ3n) is 3.15. The summed E-state index contributed by atoms with van der Waals surface area (Å²) in [5.41, 5.74) is 2.85. The second-order valence-electron chi connectivity index (χ2n) is 4.92. The van der Waals surface area contributed by atoms with Crippen LogP contribution in [-0.4, -0.2) is 23.2 Å². The lowest BCUT2D eigenvalue weighted by molar-refractivity contribution is 0.230. The molecule has 1 aromatic heterocycles. The lowest BCUT2D eigenvalue weighted by Crippen LogP contribution is -2.11. The number of hydrogen-bond donors (Lipinski definition) is 0. The van der Waals surface area contributed by atoms with Crippen molar-refractivity contribution in [1.82, 2.24) is 9.97 Å². The van der Waals surface area contributed by atoms with Gasteiger partial charge in [0.05, 0.1) is 18.5 Å². The van der Waals surface area contributed by atoms with E-state index in [0.717, 1.165) is 16.7 Å². The number of nitrogens with zero attached hydrogens (tertiary/aromatic N) is 2. The van der Waals surface area contributed by atoms with E-state index in [4.69, 9.17) is 9.05 Å². The van der Waals surface area contributed by atoms with Gasteiger partial charge in [0, 0.05) is 18.0 Å². The van der Waals surface area contributed by atoms with Crippen molar-refractivity contribution in [2.24, 2.45) is 0 Å². The number of aromatic nitrogens is 2. The first-order chi connectivity index (χ1) is 10.5. The van der Waals surface area contributed by atoms with E-state index in [1.54, 1.807) is 32.3 Å². The first-order valence-electron chi connectivity index (χ1n) is 7.29. The monoisotopic (exact) mass is 320 g/mol. The van der Waals surface area contributed by atoms with Gasteiger partial charge in [-0.15, -0.1) is 0 Å². The summed E-state index contributed by atoms with van der Waals surface area (Å²) >= 11 is 0. The lowest BCUT2D eigenvalue weighted by atomic mass is 10.1. The van der Waals surface area contributed by atoms with Crippen LogP contribution in [0.2, 0.25) is 0 Å². The molecule has 0 atom stereocenters. The molecule has 1 heterocycles. The molecule has 5 nitrogen and oxygen atoms in total. The number of hydrogen-bond acceptors (Lipinski definition) is 5.